The van der Waals surface area contributed by atoms with E-state index in [9.17, 15) is 14.0 Å². The Hall–Kier alpha value is -4.46. The molecule has 5 rings (SSSR count). The molecule has 4 aromatic rings. The van der Waals surface area contributed by atoms with Crippen molar-refractivity contribution in [3.8, 4) is 5.75 Å². The Morgan fingerprint density at radius 1 is 1.13 bits per heavy atom. The zero-order chi connectivity index (χ0) is 27.4. The molecule has 1 N–H and O–H groups in total. The number of halogens is 1. The molecule has 1 aromatic heterocycles. The number of nitrogens with one attached hydrogen (secondary N) is 1. The largest absolute Gasteiger partial charge is 0.484 e. The topological polar surface area (TPSA) is 84.7 Å². The number of ether oxygens (including phenoxy) is 1. The molecule has 0 aliphatic carbocycles. The van der Waals surface area contributed by atoms with E-state index in [2.05, 4.69) is 22.4 Å². The number of carbonyl (C=O) groups excluding carboxylic acids is 2. The van der Waals surface area contributed by atoms with Crippen LogP contribution in [0.3, 0.4) is 0 Å². The number of hydrogen-bond donors (Lipinski definition) is 1. The highest BCUT2D eigenvalue weighted by Crippen LogP contribution is 2.38. The average Bonchev–Trinajstić information content (AvgIpc) is 3.43. The Morgan fingerprint density at radius 2 is 1.95 bits per heavy atom. The van der Waals surface area contributed by atoms with Crippen LogP contribution in [0.4, 0.5) is 4.39 Å². The fourth-order valence-electron chi connectivity index (χ4n) is 4.86. The summed E-state index contributed by atoms with van der Waals surface area (Å²) in [4.78, 5) is 31.5. The predicted octanol–water partition coefficient (Wildman–Crippen LogP) is 5.52. The van der Waals surface area contributed by atoms with Gasteiger partial charge >= 0.3 is 0 Å². The highest BCUT2D eigenvalue weighted by Gasteiger charge is 2.31. The summed E-state index contributed by atoms with van der Waals surface area (Å²) >= 11 is 0. The van der Waals surface area contributed by atoms with E-state index in [0.717, 1.165) is 28.7 Å². The highest BCUT2D eigenvalue weighted by molar-refractivity contribution is 5.91. The smallest absolute Gasteiger partial charge is 0.273 e. The Morgan fingerprint density at radius 3 is 2.72 bits per heavy atom. The molecule has 200 valence electrons. The molecule has 0 saturated heterocycles. The van der Waals surface area contributed by atoms with Gasteiger partial charge < -0.3 is 19.4 Å². The number of nitrogens with zero attached hydrogens (tertiary/aromatic N) is 2. The van der Waals surface area contributed by atoms with Gasteiger partial charge in [0, 0.05) is 19.5 Å². The number of oxazole rings is 1. The number of amides is 2. The maximum absolute atomic E-state index is 13.1. The zero-order valence-electron chi connectivity index (χ0n) is 21.9. The molecule has 1 aliphatic rings. The normalized spacial score (nSPS) is 14.5. The van der Waals surface area contributed by atoms with Crippen molar-refractivity contribution < 1.29 is 23.1 Å². The van der Waals surface area contributed by atoms with Gasteiger partial charge in [-0.2, -0.15) is 0 Å². The van der Waals surface area contributed by atoms with Gasteiger partial charge in [0.25, 0.3) is 5.91 Å². The molecule has 1 atom stereocenters. The minimum atomic E-state index is -0.398. The van der Waals surface area contributed by atoms with Gasteiger partial charge in [-0.05, 0) is 59.9 Å². The van der Waals surface area contributed by atoms with Crippen LogP contribution in [0, 0.1) is 12.7 Å². The Balaban J connectivity index is 1.29. The van der Waals surface area contributed by atoms with E-state index < -0.39 is 5.91 Å². The molecule has 0 fully saturated rings. The Bertz CT molecular complexity index is 1480. The molecule has 39 heavy (non-hydrogen) atoms. The van der Waals surface area contributed by atoms with Gasteiger partial charge in [-0.3, -0.25) is 9.59 Å². The fourth-order valence-corrected chi connectivity index (χ4v) is 4.86. The first-order chi connectivity index (χ1) is 18.9. The summed E-state index contributed by atoms with van der Waals surface area (Å²) in [5, 5.41) is 2.74. The molecular formula is C31H30FN3O4. The van der Waals surface area contributed by atoms with Gasteiger partial charge in [0.2, 0.25) is 11.8 Å². The van der Waals surface area contributed by atoms with Gasteiger partial charge in [0.05, 0.1) is 6.04 Å². The molecule has 0 saturated carbocycles. The van der Waals surface area contributed by atoms with E-state index in [1.807, 2.05) is 49.1 Å². The molecule has 2 amide bonds. The number of aryl methyl sites for hydroxylation is 1. The molecule has 2 heterocycles. The number of rotatable bonds is 8. The first-order valence-corrected chi connectivity index (χ1v) is 13.0. The van der Waals surface area contributed by atoms with Crippen LogP contribution >= 0.6 is 0 Å². The first-order valence-electron chi connectivity index (χ1n) is 13.0. The fraction of sp³-hybridized carbons (Fsp3) is 0.258. The summed E-state index contributed by atoms with van der Waals surface area (Å²) in [6.45, 7) is 4.88. The molecule has 1 unspecified atom stereocenters. The molecule has 3 aromatic carbocycles. The van der Waals surface area contributed by atoms with Crippen molar-refractivity contribution in [2.75, 3.05) is 6.54 Å². The summed E-state index contributed by atoms with van der Waals surface area (Å²) in [6.07, 6.45) is 2.51. The molecule has 7 nitrogen and oxygen atoms in total. The number of benzene rings is 3. The molecule has 1 aliphatic heterocycles. The van der Waals surface area contributed by atoms with Crippen molar-refractivity contribution in [3.63, 3.8) is 0 Å². The summed E-state index contributed by atoms with van der Waals surface area (Å²) in [7, 11) is 0. The van der Waals surface area contributed by atoms with E-state index in [1.165, 1.54) is 24.0 Å². The van der Waals surface area contributed by atoms with Crippen molar-refractivity contribution in [2.24, 2.45) is 0 Å². The molecule has 0 bridgehead atoms. The van der Waals surface area contributed by atoms with E-state index >= 15 is 0 Å². The summed E-state index contributed by atoms with van der Waals surface area (Å²) < 4.78 is 24.5. The first kappa shape index (κ1) is 26.2. The average molecular weight is 528 g/mol. The number of hydrogen-bond acceptors (Lipinski definition) is 5. The van der Waals surface area contributed by atoms with E-state index in [0.29, 0.717) is 18.7 Å². The second-order valence-corrected chi connectivity index (χ2v) is 9.59. The van der Waals surface area contributed by atoms with Crippen LogP contribution in [-0.2, 0) is 24.4 Å². The quantitative estimate of drug-likeness (QED) is 0.326. The number of carbonyl (C=O) groups is 2. The van der Waals surface area contributed by atoms with Crippen LogP contribution < -0.4 is 10.1 Å². The highest BCUT2D eigenvalue weighted by atomic mass is 19.1. The predicted molar refractivity (Wildman–Crippen MR) is 144 cm³/mol. The SMILES string of the molecule is CCC(=O)N1CCc2ccc(OCc3nc(C(=O)NCc4ccc(F)cc4)co3)cc2C1c1cccc(C)c1. The Labute approximate surface area is 226 Å². The lowest BCUT2D eigenvalue weighted by atomic mass is 9.87. The third kappa shape index (κ3) is 6.00. The molecule has 8 heteroatoms. The van der Waals surface area contributed by atoms with Gasteiger partial charge in [-0.25, -0.2) is 9.37 Å². The molecule has 0 radical (unpaired) electrons. The number of aromatic nitrogens is 1. The second kappa shape index (κ2) is 11.5. The van der Waals surface area contributed by atoms with Crippen LogP contribution in [0.2, 0.25) is 0 Å². The third-order valence-electron chi connectivity index (χ3n) is 6.84. The van der Waals surface area contributed by atoms with Crippen LogP contribution in [0.15, 0.2) is 77.4 Å². The molecular weight excluding hydrogens is 497 g/mol. The van der Waals surface area contributed by atoms with Crippen LogP contribution in [0.25, 0.3) is 0 Å². The summed E-state index contributed by atoms with van der Waals surface area (Å²) in [5.74, 6) is 0.270. The van der Waals surface area contributed by atoms with Crippen LogP contribution in [-0.4, -0.2) is 28.2 Å². The minimum Gasteiger partial charge on any atom is -0.484 e. The molecule has 0 spiro atoms. The Kier molecular flexibility index (Phi) is 7.72. The lowest BCUT2D eigenvalue weighted by Crippen LogP contribution is -2.40. The van der Waals surface area contributed by atoms with E-state index in [1.54, 1.807) is 12.1 Å². The van der Waals surface area contributed by atoms with Gasteiger partial charge in [-0.1, -0.05) is 55.0 Å². The second-order valence-electron chi connectivity index (χ2n) is 9.59. The lowest BCUT2D eigenvalue weighted by molar-refractivity contribution is -0.132. The lowest BCUT2D eigenvalue weighted by Gasteiger charge is -2.38. The monoisotopic (exact) mass is 527 g/mol. The van der Waals surface area contributed by atoms with Gasteiger partial charge in [0.1, 0.15) is 17.8 Å². The van der Waals surface area contributed by atoms with Crippen molar-refractivity contribution in [1.29, 1.82) is 0 Å². The summed E-state index contributed by atoms with van der Waals surface area (Å²) in [6, 6.07) is 19.9. The maximum Gasteiger partial charge on any atom is 0.273 e. The zero-order valence-corrected chi connectivity index (χ0v) is 21.9. The van der Waals surface area contributed by atoms with Gasteiger partial charge in [0.15, 0.2) is 12.3 Å². The van der Waals surface area contributed by atoms with Crippen LogP contribution in [0.1, 0.15) is 63.6 Å². The van der Waals surface area contributed by atoms with Crippen molar-refractivity contribution in [3.05, 3.63) is 118 Å². The summed E-state index contributed by atoms with van der Waals surface area (Å²) in [5.41, 5.74) is 5.34. The van der Waals surface area contributed by atoms with Crippen molar-refractivity contribution in [2.45, 2.75) is 45.9 Å². The maximum atomic E-state index is 13.1. The number of fused-ring (bicyclic) bond motifs is 1. The van der Waals surface area contributed by atoms with E-state index in [-0.39, 0.29) is 42.5 Å². The minimum absolute atomic E-state index is 0.0384. The standard InChI is InChI=1S/C31H30FN3O4/c1-3-29(36)35-14-13-22-9-12-25(16-26(22)30(35)23-6-4-5-20(2)15-23)38-19-28-34-27(18-39-28)31(37)33-17-21-7-10-24(32)11-8-21/h4-12,15-16,18,30H,3,13-14,17,19H2,1-2H3,(H,33,37). The van der Waals surface area contributed by atoms with Crippen molar-refractivity contribution in [1.82, 2.24) is 15.2 Å². The van der Waals surface area contributed by atoms with Crippen LogP contribution in [0.5, 0.6) is 5.75 Å². The van der Waals surface area contributed by atoms with Crippen molar-refractivity contribution >= 4 is 11.8 Å². The third-order valence-corrected chi connectivity index (χ3v) is 6.84. The van der Waals surface area contributed by atoms with Gasteiger partial charge in [-0.15, -0.1) is 0 Å². The van der Waals surface area contributed by atoms with E-state index in [4.69, 9.17) is 9.15 Å².